The lowest BCUT2D eigenvalue weighted by Crippen LogP contribution is -2.43. The standard InChI is InChI=1S/C17H30N2O3Si/c1-5-19(13-9-15-23(20-2,21-3)22-4)14-12-18-16-17-10-7-6-8-11-17/h5-8,10-11,18H,1,9,12-16H2,2-4H3. The molecule has 0 heterocycles. The first-order valence-electron chi connectivity index (χ1n) is 7.96. The third kappa shape index (κ3) is 7.28. The van der Waals surface area contributed by atoms with Gasteiger partial charge in [-0.1, -0.05) is 36.9 Å². The van der Waals surface area contributed by atoms with E-state index in [1.807, 2.05) is 12.3 Å². The average Bonchev–Trinajstić information content (AvgIpc) is 2.62. The van der Waals surface area contributed by atoms with Gasteiger partial charge in [-0.25, -0.2) is 0 Å². The van der Waals surface area contributed by atoms with Crippen molar-refractivity contribution >= 4 is 8.80 Å². The summed E-state index contributed by atoms with van der Waals surface area (Å²) in [4.78, 5) is 2.21. The van der Waals surface area contributed by atoms with Crippen LogP contribution >= 0.6 is 0 Å². The second kappa shape index (κ2) is 11.4. The van der Waals surface area contributed by atoms with Crippen LogP contribution in [0.1, 0.15) is 12.0 Å². The third-order valence-corrected chi connectivity index (χ3v) is 6.70. The number of nitrogens with zero attached hydrogens (tertiary/aromatic N) is 1. The molecule has 0 spiro atoms. The van der Waals surface area contributed by atoms with E-state index in [1.165, 1.54) is 5.56 Å². The van der Waals surface area contributed by atoms with Gasteiger partial charge in [-0.2, -0.15) is 0 Å². The zero-order valence-electron chi connectivity index (χ0n) is 14.6. The molecular weight excluding hydrogens is 308 g/mol. The van der Waals surface area contributed by atoms with Gasteiger partial charge in [0, 0.05) is 53.6 Å². The molecule has 1 N–H and O–H groups in total. The SMILES string of the molecule is C=CN(CCC[Si](OC)(OC)OC)CCNCc1ccccc1. The minimum absolute atomic E-state index is 0.804. The molecule has 1 aromatic rings. The first-order valence-corrected chi connectivity index (χ1v) is 9.89. The fourth-order valence-corrected chi connectivity index (χ4v) is 4.10. The van der Waals surface area contributed by atoms with E-state index in [1.54, 1.807) is 21.3 Å². The summed E-state index contributed by atoms with van der Waals surface area (Å²) in [6.45, 7) is 7.54. The molecule has 0 aliphatic heterocycles. The van der Waals surface area contributed by atoms with Crippen LogP contribution in [-0.2, 0) is 19.8 Å². The van der Waals surface area contributed by atoms with Gasteiger partial charge >= 0.3 is 8.80 Å². The molecule has 6 heteroatoms. The van der Waals surface area contributed by atoms with E-state index < -0.39 is 8.80 Å². The number of hydrogen-bond donors (Lipinski definition) is 1. The Bertz CT molecular complexity index is 419. The molecule has 0 bridgehead atoms. The summed E-state index contributed by atoms with van der Waals surface area (Å²) in [5.74, 6) is 0. The Balaban J connectivity index is 2.22. The molecule has 0 atom stereocenters. The van der Waals surface area contributed by atoms with Crippen molar-refractivity contribution in [2.24, 2.45) is 0 Å². The van der Waals surface area contributed by atoms with Crippen LogP contribution < -0.4 is 5.32 Å². The van der Waals surface area contributed by atoms with Crippen molar-refractivity contribution in [1.29, 1.82) is 0 Å². The highest BCUT2D eigenvalue weighted by atomic mass is 28.4. The summed E-state index contributed by atoms with van der Waals surface area (Å²) >= 11 is 0. The van der Waals surface area contributed by atoms with Crippen LogP contribution in [0.4, 0.5) is 0 Å². The molecule has 0 unspecified atom stereocenters. The smallest absolute Gasteiger partial charge is 0.377 e. The van der Waals surface area contributed by atoms with Gasteiger partial charge in [0.1, 0.15) is 0 Å². The van der Waals surface area contributed by atoms with E-state index in [-0.39, 0.29) is 0 Å². The maximum Gasteiger partial charge on any atom is 0.500 e. The number of hydrogen-bond acceptors (Lipinski definition) is 5. The Morgan fingerprint density at radius 3 is 2.30 bits per heavy atom. The van der Waals surface area contributed by atoms with E-state index >= 15 is 0 Å². The summed E-state index contributed by atoms with van der Waals surface area (Å²) in [5, 5.41) is 3.45. The maximum absolute atomic E-state index is 5.44. The van der Waals surface area contributed by atoms with Crippen molar-refractivity contribution in [3.8, 4) is 0 Å². The minimum atomic E-state index is -2.46. The van der Waals surface area contributed by atoms with Crippen molar-refractivity contribution in [1.82, 2.24) is 10.2 Å². The second-order valence-electron chi connectivity index (χ2n) is 5.28. The zero-order valence-corrected chi connectivity index (χ0v) is 15.6. The number of nitrogens with one attached hydrogen (secondary N) is 1. The normalized spacial score (nSPS) is 11.4. The van der Waals surface area contributed by atoms with E-state index in [2.05, 4.69) is 41.1 Å². The van der Waals surface area contributed by atoms with Gasteiger partial charge in [0.05, 0.1) is 0 Å². The Morgan fingerprint density at radius 2 is 1.74 bits per heavy atom. The van der Waals surface area contributed by atoms with Gasteiger partial charge in [0.25, 0.3) is 0 Å². The number of rotatable bonds is 13. The molecule has 1 aromatic carbocycles. The molecule has 0 aromatic heterocycles. The quantitative estimate of drug-likeness (QED) is 0.442. The van der Waals surface area contributed by atoms with Crippen molar-refractivity contribution in [2.75, 3.05) is 41.0 Å². The first-order chi connectivity index (χ1) is 11.2. The van der Waals surface area contributed by atoms with Crippen LogP contribution in [0.3, 0.4) is 0 Å². The van der Waals surface area contributed by atoms with Crippen LogP contribution in [-0.4, -0.2) is 54.7 Å². The highest BCUT2D eigenvalue weighted by molar-refractivity contribution is 6.60. The molecule has 0 radical (unpaired) electrons. The van der Waals surface area contributed by atoms with Crippen LogP contribution in [0.5, 0.6) is 0 Å². The summed E-state index contributed by atoms with van der Waals surface area (Å²) in [5.41, 5.74) is 1.30. The monoisotopic (exact) mass is 338 g/mol. The summed E-state index contributed by atoms with van der Waals surface area (Å²) in [6.07, 6.45) is 2.84. The molecule has 130 valence electrons. The Morgan fingerprint density at radius 1 is 1.09 bits per heavy atom. The highest BCUT2D eigenvalue weighted by Crippen LogP contribution is 2.15. The molecule has 0 saturated heterocycles. The Kier molecular flexibility index (Phi) is 9.82. The average molecular weight is 339 g/mol. The molecule has 23 heavy (non-hydrogen) atoms. The maximum atomic E-state index is 5.44. The molecule has 1 rings (SSSR count). The van der Waals surface area contributed by atoms with E-state index in [0.717, 1.165) is 38.6 Å². The lowest BCUT2D eigenvalue weighted by Gasteiger charge is -2.26. The van der Waals surface area contributed by atoms with Crippen LogP contribution in [0.25, 0.3) is 0 Å². The van der Waals surface area contributed by atoms with Gasteiger partial charge in [-0.05, 0) is 18.2 Å². The highest BCUT2D eigenvalue weighted by Gasteiger charge is 2.36. The van der Waals surface area contributed by atoms with E-state index in [0.29, 0.717) is 0 Å². The predicted octanol–water partition coefficient (Wildman–Crippen LogP) is 2.49. The summed E-state index contributed by atoms with van der Waals surface area (Å²) in [7, 11) is 2.50. The lowest BCUT2D eigenvalue weighted by atomic mass is 10.2. The predicted molar refractivity (Wildman–Crippen MR) is 96.1 cm³/mol. The van der Waals surface area contributed by atoms with Gasteiger partial charge in [-0.15, -0.1) is 0 Å². The zero-order chi connectivity index (χ0) is 17.0. The largest absolute Gasteiger partial charge is 0.500 e. The van der Waals surface area contributed by atoms with Crippen LogP contribution in [0, 0.1) is 0 Å². The lowest BCUT2D eigenvalue weighted by molar-refractivity contribution is 0.122. The van der Waals surface area contributed by atoms with Crippen molar-refractivity contribution in [3.05, 3.63) is 48.7 Å². The summed E-state index contributed by atoms with van der Waals surface area (Å²) in [6, 6.07) is 11.2. The van der Waals surface area contributed by atoms with Gasteiger partial charge in [0.2, 0.25) is 0 Å². The Labute approximate surface area is 141 Å². The van der Waals surface area contributed by atoms with Crippen LogP contribution in [0.2, 0.25) is 6.04 Å². The van der Waals surface area contributed by atoms with E-state index in [4.69, 9.17) is 13.3 Å². The summed E-state index contributed by atoms with van der Waals surface area (Å²) < 4.78 is 16.3. The van der Waals surface area contributed by atoms with Gasteiger partial charge in [0.15, 0.2) is 0 Å². The van der Waals surface area contributed by atoms with Crippen molar-refractivity contribution in [2.45, 2.75) is 19.0 Å². The van der Waals surface area contributed by atoms with Gasteiger partial charge < -0.3 is 23.5 Å². The molecule has 5 nitrogen and oxygen atoms in total. The second-order valence-corrected chi connectivity index (χ2v) is 8.37. The first kappa shape index (κ1) is 19.9. The fraction of sp³-hybridized carbons (Fsp3) is 0.529. The van der Waals surface area contributed by atoms with Crippen LogP contribution in [0.15, 0.2) is 43.1 Å². The molecule has 0 aliphatic carbocycles. The van der Waals surface area contributed by atoms with Crippen molar-refractivity contribution in [3.63, 3.8) is 0 Å². The third-order valence-electron chi connectivity index (χ3n) is 3.87. The van der Waals surface area contributed by atoms with Gasteiger partial charge in [-0.3, -0.25) is 0 Å². The fourth-order valence-electron chi connectivity index (χ4n) is 2.40. The molecule has 0 amide bonds. The van der Waals surface area contributed by atoms with E-state index in [9.17, 15) is 0 Å². The number of benzene rings is 1. The van der Waals surface area contributed by atoms with Crippen molar-refractivity contribution < 1.29 is 13.3 Å². The molecule has 0 fully saturated rings. The molecule has 0 saturated carbocycles. The minimum Gasteiger partial charge on any atom is -0.377 e. The Hall–Kier alpha value is -1.18. The topological polar surface area (TPSA) is 43.0 Å². The molecular formula is C17H30N2O3Si. The molecule has 0 aliphatic rings.